The molecule has 0 bridgehead atoms. The largest absolute Gasteiger partial charge is 0.442 e. The molecule has 8 heteroatoms. The van der Waals surface area contributed by atoms with E-state index in [0.29, 0.717) is 10.6 Å². The summed E-state index contributed by atoms with van der Waals surface area (Å²) >= 11 is 0. The minimum Gasteiger partial charge on any atom is -0.442 e. The fourth-order valence-corrected chi connectivity index (χ4v) is 2.36. The molecule has 2 amide bonds. The number of amides is 2. The van der Waals surface area contributed by atoms with E-state index in [-0.39, 0.29) is 6.54 Å². The van der Waals surface area contributed by atoms with Crippen molar-refractivity contribution in [3.05, 3.63) is 35.9 Å². The van der Waals surface area contributed by atoms with Crippen molar-refractivity contribution in [2.24, 2.45) is 0 Å². The van der Waals surface area contributed by atoms with Gasteiger partial charge in [-0.15, -0.1) is 0 Å². The van der Waals surface area contributed by atoms with Gasteiger partial charge in [0.1, 0.15) is 5.60 Å². The molecule has 1 unspecified atom stereocenters. The van der Waals surface area contributed by atoms with E-state index in [4.69, 9.17) is 4.74 Å². The first-order valence-corrected chi connectivity index (χ1v) is 7.42. The molecule has 1 heterocycles. The number of rotatable bonds is 2. The Morgan fingerprint density at radius 2 is 1.79 bits per heavy atom. The van der Waals surface area contributed by atoms with Crippen molar-refractivity contribution >= 4 is 12.0 Å². The summed E-state index contributed by atoms with van der Waals surface area (Å²) in [5.41, 5.74) is -0.362. The minimum absolute atomic E-state index is 0.133. The molecule has 5 nitrogen and oxygen atoms in total. The number of carbonyl (C=O) groups is 2. The van der Waals surface area contributed by atoms with Crippen LogP contribution in [0.25, 0.3) is 0 Å². The van der Waals surface area contributed by atoms with Crippen molar-refractivity contribution in [3.63, 3.8) is 0 Å². The van der Waals surface area contributed by atoms with Crippen molar-refractivity contribution in [1.82, 2.24) is 10.0 Å². The lowest BCUT2D eigenvalue weighted by Gasteiger charge is -2.34. The van der Waals surface area contributed by atoms with Gasteiger partial charge in [0, 0.05) is 0 Å². The smallest absolute Gasteiger partial charge is 0.430 e. The standard InChI is InChI=1S/C16H19F3N2O3/c1-15(2,3)24-14(23)21-12(16(17,18)19)9-13(22)20(21)10-11-7-5-4-6-8-11/h4-8,12H,9-10H2,1-3H3. The third kappa shape index (κ3) is 4.18. The molecule has 0 spiro atoms. The van der Waals surface area contributed by atoms with Crippen molar-refractivity contribution in [2.45, 2.75) is 51.6 Å². The number of ether oxygens (including phenoxy) is 1. The molecule has 132 valence electrons. The molecule has 1 fully saturated rings. The van der Waals surface area contributed by atoms with Crippen molar-refractivity contribution in [2.75, 3.05) is 0 Å². The zero-order valence-corrected chi connectivity index (χ0v) is 13.6. The molecule has 1 aliphatic rings. The highest BCUT2D eigenvalue weighted by atomic mass is 19.4. The summed E-state index contributed by atoms with van der Waals surface area (Å²) in [5, 5.41) is 1.20. The van der Waals surface area contributed by atoms with Crippen LogP contribution in [0.2, 0.25) is 0 Å². The minimum atomic E-state index is -4.72. The first-order valence-electron chi connectivity index (χ1n) is 7.42. The van der Waals surface area contributed by atoms with Crippen LogP contribution < -0.4 is 0 Å². The predicted molar refractivity (Wildman–Crippen MR) is 79.5 cm³/mol. The molecule has 0 aromatic heterocycles. The van der Waals surface area contributed by atoms with Gasteiger partial charge in [-0.3, -0.25) is 4.79 Å². The monoisotopic (exact) mass is 344 g/mol. The molecule has 1 atom stereocenters. The van der Waals surface area contributed by atoms with Gasteiger partial charge in [0.25, 0.3) is 0 Å². The van der Waals surface area contributed by atoms with Crippen molar-refractivity contribution in [3.8, 4) is 0 Å². The second kappa shape index (κ2) is 6.33. The van der Waals surface area contributed by atoms with Crippen LogP contribution >= 0.6 is 0 Å². The fraction of sp³-hybridized carbons (Fsp3) is 0.500. The third-order valence-corrected chi connectivity index (χ3v) is 3.34. The van der Waals surface area contributed by atoms with Crippen LogP contribution in [0, 0.1) is 0 Å². The van der Waals surface area contributed by atoms with Gasteiger partial charge in [0.2, 0.25) is 5.91 Å². The third-order valence-electron chi connectivity index (χ3n) is 3.34. The normalized spacial score (nSPS) is 18.9. The number of halogens is 3. The maximum atomic E-state index is 13.3. The van der Waals surface area contributed by atoms with E-state index >= 15 is 0 Å². The van der Waals surface area contributed by atoms with E-state index in [1.54, 1.807) is 51.1 Å². The summed E-state index contributed by atoms with van der Waals surface area (Å²) in [6.07, 6.45) is -6.72. The maximum Gasteiger partial charge on any atom is 0.430 e. The number of hydrogen-bond donors (Lipinski definition) is 0. The van der Waals surface area contributed by atoms with Gasteiger partial charge in [-0.2, -0.15) is 13.2 Å². The van der Waals surface area contributed by atoms with Crippen LogP contribution in [0.1, 0.15) is 32.8 Å². The zero-order chi connectivity index (χ0) is 18.1. The van der Waals surface area contributed by atoms with Crippen LogP contribution in [0.15, 0.2) is 30.3 Å². The van der Waals surface area contributed by atoms with E-state index in [0.717, 1.165) is 5.01 Å². The lowest BCUT2D eigenvalue weighted by atomic mass is 10.2. The Hall–Kier alpha value is -2.25. The highest BCUT2D eigenvalue weighted by Gasteiger charge is 2.55. The first kappa shape index (κ1) is 18.1. The van der Waals surface area contributed by atoms with Crippen LogP contribution in [-0.4, -0.2) is 39.8 Å². The van der Waals surface area contributed by atoms with Gasteiger partial charge in [0.15, 0.2) is 6.04 Å². The Kier molecular flexibility index (Phi) is 4.77. The zero-order valence-electron chi connectivity index (χ0n) is 13.6. The number of benzene rings is 1. The highest BCUT2D eigenvalue weighted by molar-refractivity contribution is 5.84. The quantitative estimate of drug-likeness (QED) is 0.825. The fourth-order valence-electron chi connectivity index (χ4n) is 2.36. The second-order valence-electron chi connectivity index (χ2n) is 6.52. The van der Waals surface area contributed by atoms with Crippen LogP contribution in [0.5, 0.6) is 0 Å². The van der Waals surface area contributed by atoms with Gasteiger partial charge in [0.05, 0.1) is 13.0 Å². The van der Waals surface area contributed by atoms with E-state index < -0.39 is 36.2 Å². The number of hydrazine groups is 1. The van der Waals surface area contributed by atoms with E-state index in [1.807, 2.05) is 0 Å². The first-order chi connectivity index (χ1) is 11.0. The lowest BCUT2D eigenvalue weighted by Crippen LogP contribution is -2.52. The molecule has 1 aliphatic heterocycles. The Bertz CT molecular complexity index is 611. The SMILES string of the molecule is CC(C)(C)OC(=O)N1C(C(F)(F)F)CC(=O)N1Cc1ccccc1. The van der Waals surface area contributed by atoms with Crippen LogP contribution in [-0.2, 0) is 16.1 Å². The summed E-state index contributed by atoms with van der Waals surface area (Å²) in [6, 6.07) is 6.27. The molecule has 1 saturated heterocycles. The van der Waals surface area contributed by atoms with Gasteiger partial charge < -0.3 is 4.74 Å². The number of nitrogens with zero attached hydrogens (tertiary/aromatic N) is 2. The molecule has 24 heavy (non-hydrogen) atoms. The Morgan fingerprint density at radius 3 is 2.29 bits per heavy atom. The molecule has 2 rings (SSSR count). The molecule has 0 aliphatic carbocycles. The Morgan fingerprint density at radius 1 is 1.21 bits per heavy atom. The predicted octanol–water partition coefficient (Wildman–Crippen LogP) is 3.50. The summed E-state index contributed by atoms with van der Waals surface area (Å²) in [4.78, 5) is 24.4. The van der Waals surface area contributed by atoms with Gasteiger partial charge >= 0.3 is 12.3 Å². The van der Waals surface area contributed by atoms with E-state index in [2.05, 4.69) is 0 Å². The lowest BCUT2D eigenvalue weighted by molar-refractivity contribution is -0.194. The average molecular weight is 344 g/mol. The van der Waals surface area contributed by atoms with Crippen molar-refractivity contribution < 1.29 is 27.5 Å². The summed E-state index contributed by atoms with van der Waals surface area (Å²) in [7, 11) is 0. The highest BCUT2D eigenvalue weighted by Crippen LogP contribution is 2.35. The second-order valence-corrected chi connectivity index (χ2v) is 6.52. The summed E-state index contributed by atoms with van der Waals surface area (Å²) in [6.45, 7) is 4.51. The number of alkyl halides is 3. The number of hydrogen-bond acceptors (Lipinski definition) is 3. The van der Waals surface area contributed by atoms with E-state index in [1.165, 1.54) is 0 Å². The summed E-state index contributed by atoms with van der Waals surface area (Å²) in [5.74, 6) is -0.771. The van der Waals surface area contributed by atoms with Crippen LogP contribution in [0.4, 0.5) is 18.0 Å². The van der Waals surface area contributed by atoms with Crippen molar-refractivity contribution in [1.29, 1.82) is 0 Å². The van der Waals surface area contributed by atoms with E-state index in [9.17, 15) is 22.8 Å². The molecular formula is C16H19F3N2O3. The molecule has 0 N–H and O–H groups in total. The molecular weight excluding hydrogens is 325 g/mol. The average Bonchev–Trinajstić information content (AvgIpc) is 2.75. The molecule has 1 aromatic rings. The maximum absolute atomic E-state index is 13.3. The summed E-state index contributed by atoms with van der Waals surface area (Å²) < 4.78 is 44.8. The molecule has 0 saturated carbocycles. The molecule has 1 aromatic carbocycles. The molecule has 0 radical (unpaired) electrons. The van der Waals surface area contributed by atoms with Gasteiger partial charge in [-0.1, -0.05) is 30.3 Å². The van der Waals surface area contributed by atoms with Crippen LogP contribution in [0.3, 0.4) is 0 Å². The number of carbonyl (C=O) groups excluding carboxylic acids is 2. The van der Waals surface area contributed by atoms with Gasteiger partial charge in [-0.25, -0.2) is 14.8 Å². The Labute approximate surface area is 137 Å². The van der Waals surface area contributed by atoms with Gasteiger partial charge in [-0.05, 0) is 26.3 Å². The topological polar surface area (TPSA) is 49.9 Å². The Balaban J connectivity index is 2.31.